The minimum atomic E-state index is -1.39. The molecule has 30 N–H and O–H groups in total. The van der Waals surface area contributed by atoms with E-state index in [1.54, 1.807) is 0 Å². The van der Waals surface area contributed by atoms with Gasteiger partial charge in [0.1, 0.15) is 24.2 Å². The molecule has 0 aliphatic heterocycles. The Morgan fingerprint density at radius 1 is 0.240 bits per heavy atom. The van der Waals surface area contributed by atoms with Crippen molar-refractivity contribution in [2.45, 2.75) is 101 Å². The molecule has 0 saturated carbocycles. The van der Waals surface area contributed by atoms with Crippen molar-refractivity contribution < 1.29 is 140 Å². The predicted molar refractivity (Wildman–Crippen MR) is 358 cm³/mol. The van der Waals surface area contributed by atoms with Crippen LogP contribution in [-0.4, -0.2) is 201 Å². The number of benzene rings is 6. The molecular formula is C66H78N10O28. The molecule has 38 nitrogen and oxygen atoms in total. The number of hydrogen-bond donors (Lipinski definition) is 28. The predicted octanol–water partition coefficient (Wildman–Crippen LogP) is 0.612. The highest BCUT2D eigenvalue weighted by atomic mass is 16.4. The van der Waals surface area contributed by atoms with Crippen LogP contribution in [0.5, 0.6) is 103 Å². The number of nitrogens with one attached hydrogen (secondary N) is 8. The summed E-state index contributed by atoms with van der Waals surface area (Å²) in [6, 6.07) is 5.89. The third kappa shape index (κ3) is 23.3. The summed E-state index contributed by atoms with van der Waals surface area (Å²) >= 11 is 0. The first kappa shape index (κ1) is 81.1. The minimum absolute atomic E-state index is 0.00632. The van der Waals surface area contributed by atoms with Gasteiger partial charge in [0.25, 0.3) is 35.4 Å². The summed E-state index contributed by atoms with van der Waals surface area (Å²) in [6.45, 7) is 0.156. The number of hydrogen-bond acceptors (Lipinski definition) is 28. The molecule has 0 fully saturated rings. The van der Waals surface area contributed by atoms with Crippen LogP contribution < -0.4 is 54.0 Å². The molecule has 0 heterocycles. The van der Waals surface area contributed by atoms with Crippen LogP contribution in [0.2, 0.25) is 0 Å². The summed E-state index contributed by atoms with van der Waals surface area (Å²) in [7, 11) is 0. The Hall–Kier alpha value is -13.6. The molecule has 0 aliphatic rings. The van der Waals surface area contributed by atoms with E-state index in [2.05, 4.69) is 42.5 Å². The molecule has 6 aromatic carbocycles. The first-order valence-corrected chi connectivity index (χ1v) is 31.4. The maximum Gasteiger partial charge on any atom is 0.252 e. The third-order valence-corrected chi connectivity index (χ3v) is 15.4. The van der Waals surface area contributed by atoms with Crippen LogP contribution in [0.1, 0.15) is 139 Å². The molecule has 0 aromatic heterocycles. The second kappa shape index (κ2) is 37.6. The van der Waals surface area contributed by atoms with Crippen molar-refractivity contribution in [2.24, 2.45) is 11.5 Å². The summed E-state index contributed by atoms with van der Waals surface area (Å²) in [5, 5.41) is 194. The van der Waals surface area contributed by atoms with Crippen LogP contribution in [-0.2, 0) is 19.2 Å². The smallest absolute Gasteiger partial charge is 0.252 e. The number of carbonyl (C=O) groups is 10. The topological polar surface area (TPSA) is 683 Å². The Kier molecular flexibility index (Phi) is 29.3. The Bertz CT molecular complexity index is 4050. The summed E-state index contributed by atoms with van der Waals surface area (Å²) < 4.78 is 0. The maximum absolute atomic E-state index is 13.6. The molecule has 0 bridgehead atoms. The van der Waals surface area contributed by atoms with Crippen molar-refractivity contribution in [3.63, 3.8) is 0 Å². The molecule has 38 heteroatoms. The number of nitrogens with two attached hydrogens (primary N) is 2. The van der Waals surface area contributed by atoms with Gasteiger partial charge in [0.05, 0.1) is 0 Å². The van der Waals surface area contributed by atoms with Crippen LogP contribution in [0, 0.1) is 0 Å². The van der Waals surface area contributed by atoms with Gasteiger partial charge in [-0.1, -0.05) is 0 Å². The highest BCUT2D eigenvalue weighted by molar-refractivity contribution is 6.01. The van der Waals surface area contributed by atoms with Crippen molar-refractivity contribution in [1.82, 2.24) is 42.5 Å². The Balaban J connectivity index is 0.000000504. The lowest BCUT2D eigenvalue weighted by molar-refractivity contribution is -0.128. The molecule has 4 atom stereocenters. The molecule has 0 aliphatic carbocycles. The van der Waals surface area contributed by atoms with E-state index in [1.807, 2.05) is 0 Å². The summed E-state index contributed by atoms with van der Waals surface area (Å²) in [5.74, 6) is -22.0. The lowest BCUT2D eigenvalue weighted by Crippen LogP contribution is -2.53. The van der Waals surface area contributed by atoms with Crippen molar-refractivity contribution in [1.29, 1.82) is 0 Å². The summed E-state index contributed by atoms with van der Waals surface area (Å²) in [5.41, 5.74) is 9.64. The fraction of sp³-hybridized carbons (Fsp3) is 0.303. The molecule has 0 radical (unpaired) electrons. The van der Waals surface area contributed by atoms with Gasteiger partial charge >= 0.3 is 0 Å². The monoisotopic (exact) mass is 1460 g/mol. The zero-order valence-electron chi connectivity index (χ0n) is 54.8. The molecular weight excluding hydrogens is 1380 g/mol. The van der Waals surface area contributed by atoms with E-state index in [1.165, 1.54) is 0 Å². The standard InChI is InChI=1S/C46H55N7O19.C20H23N3O9/c47-40(66)25(51-46(72)27(53-44(70)24-19-34(60)39(65)35(61)20-24)9-3-6-11-49-42(68)22-15-30(56)37(63)31(57)16-22)7-1-4-12-50-45(71)26(52-43(69)23-17-32(58)38(64)33(59)18-23)8-2-5-10-48-41(67)21-13-28(54)36(62)29(55)14-21;21-18(30)11(23-20(32)10-7-14(26)17(29)15(27)8-10)3-1-2-4-22-19(31)9-5-12(24)16(28)13(25)6-9/h13-20,25-27,54-65H,1-12H2,(H2,47,66)(H,48,67)(H,49,68)(H,50,71)(H,51,72)(H,52,69)(H,53,70);5-8,11,24-29H,1-4H2,(H2,21,30)(H,22,31)(H,23,32)/t25-,26-,27-;11-/m11/s1. The van der Waals surface area contributed by atoms with Gasteiger partial charge in [0.2, 0.25) is 23.6 Å². The first-order chi connectivity index (χ1) is 49.0. The molecule has 10 amide bonds. The quantitative estimate of drug-likeness (QED) is 0.0194. The SMILES string of the molecule is NC(=O)[C@@H](CCCCNC(=O)[C@@H](CCCCNC(=O)c1cc(O)c(O)c(O)c1)NC(=O)c1cc(O)c(O)c(O)c1)NC(=O)[C@@H](CCCCNC(=O)c1cc(O)c(O)c(O)c1)NC(=O)c1cc(O)c(O)c(O)c1.NC(=O)[C@@H](CCCCNC(=O)c1cc(O)c(O)c(O)c1)NC(=O)c1cc(O)c(O)c(O)c1. The van der Waals surface area contributed by atoms with E-state index in [0.29, 0.717) is 12.8 Å². The lowest BCUT2D eigenvalue weighted by atomic mass is 10.0. The van der Waals surface area contributed by atoms with E-state index in [4.69, 9.17) is 11.5 Å². The van der Waals surface area contributed by atoms with Crippen LogP contribution in [0.4, 0.5) is 0 Å². The van der Waals surface area contributed by atoms with Gasteiger partial charge in [0.15, 0.2) is 103 Å². The average molecular weight is 1460 g/mol. The molecule has 104 heavy (non-hydrogen) atoms. The van der Waals surface area contributed by atoms with E-state index in [0.717, 1.165) is 72.8 Å². The van der Waals surface area contributed by atoms with Gasteiger partial charge in [-0.15, -0.1) is 0 Å². The highest BCUT2D eigenvalue weighted by Crippen LogP contribution is 2.40. The van der Waals surface area contributed by atoms with Gasteiger partial charge in [-0.25, -0.2) is 0 Å². The first-order valence-electron chi connectivity index (χ1n) is 31.4. The van der Waals surface area contributed by atoms with Crippen molar-refractivity contribution in [2.75, 3.05) is 26.2 Å². The molecule has 0 saturated heterocycles. The fourth-order valence-electron chi connectivity index (χ4n) is 9.66. The number of phenols is 18. The molecule has 560 valence electrons. The zero-order valence-corrected chi connectivity index (χ0v) is 54.8. The van der Waals surface area contributed by atoms with E-state index < -0.39 is 187 Å². The van der Waals surface area contributed by atoms with Crippen LogP contribution in [0.25, 0.3) is 0 Å². The minimum Gasteiger partial charge on any atom is -0.504 e. The van der Waals surface area contributed by atoms with Gasteiger partial charge < -0.3 is 146 Å². The van der Waals surface area contributed by atoms with Crippen molar-refractivity contribution in [3.8, 4) is 103 Å². The van der Waals surface area contributed by atoms with Crippen LogP contribution in [0.3, 0.4) is 0 Å². The third-order valence-electron chi connectivity index (χ3n) is 15.4. The second-order valence-electron chi connectivity index (χ2n) is 23.2. The summed E-state index contributed by atoms with van der Waals surface area (Å²) in [6.07, 6.45) is 1.84. The number of amides is 10. The van der Waals surface area contributed by atoms with Gasteiger partial charge in [-0.2, -0.15) is 0 Å². The number of carbonyl (C=O) groups excluding carboxylic acids is 10. The van der Waals surface area contributed by atoms with E-state index in [9.17, 15) is 140 Å². The Morgan fingerprint density at radius 3 is 0.654 bits per heavy atom. The van der Waals surface area contributed by atoms with E-state index in [-0.39, 0.29) is 124 Å². The lowest BCUT2D eigenvalue weighted by Gasteiger charge is -2.22. The Morgan fingerprint density at radius 2 is 0.423 bits per heavy atom. The fourth-order valence-corrected chi connectivity index (χ4v) is 9.66. The molecule has 6 aromatic rings. The van der Waals surface area contributed by atoms with Crippen molar-refractivity contribution in [3.05, 3.63) is 106 Å². The van der Waals surface area contributed by atoms with E-state index >= 15 is 0 Å². The van der Waals surface area contributed by atoms with Crippen molar-refractivity contribution >= 4 is 59.1 Å². The average Bonchev–Trinajstić information content (AvgIpc) is 0.907. The molecule has 0 spiro atoms. The maximum atomic E-state index is 13.6. The molecule has 6 rings (SSSR count). The number of phenolic OH excluding ortho intramolecular Hbond substituents is 18. The highest BCUT2D eigenvalue weighted by Gasteiger charge is 2.29. The normalized spacial score (nSPS) is 11.9. The molecule has 0 unspecified atom stereocenters. The van der Waals surface area contributed by atoms with Crippen LogP contribution >= 0.6 is 0 Å². The van der Waals surface area contributed by atoms with Gasteiger partial charge in [-0.3, -0.25) is 47.9 Å². The summed E-state index contributed by atoms with van der Waals surface area (Å²) in [4.78, 5) is 127. The number of unbranched alkanes of at least 4 members (excludes halogenated alkanes) is 4. The van der Waals surface area contributed by atoms with Crippen LogP contribution in [0.15, 0.2) is 72.8 Å². The zero-order chi connectivity index (χ0) is 77.4. The number of rotatable bonds is 34. The Labute approximate surface area is 588 Å². The number of aromatic hydroxyl groups is 18. The van der Waals surface area contributed by atoms with Gasteiger partial charge in [0, 0.05) is 59.6 Å². The van der Waals surface area contributed by atoms with Gasteiger partial charge in [-0.05, 0) is 150 Å². The number of primary amides is 2. The second-order valence-corrected chi connectivity index (χ2v) is 23.2. The largest absolute Gasteiger partial charge is 0.504 e.